The van der Waals surface area contributed by atoms with E-state index in [1.54, 1.807) is 0 Å². The zero-order valence-corrected chi connectivity index (χ0v) is 34.1. The third-order valence-corrected chi connectivity index (χ3v) is 19.3. The van der Waals surface area contributed by atoms with Crippen LogP contribution in [0, 0.1) is 22.7 Å². The number of aliphatic hydroxyl groups is 2. The zero-order valence-electron chi connectivity index (χ0n) is 33.1. The van der Waals surface area contributed by atoms with E-state index in [1.807, 2.05) is 24.3 Å². The summed E-state index contributed by atoms with van der Waals surface area (Å²) in [5.74, 6) is -9.08. The number of benzene rings is 1. The number of allylic oxidation sites excluding steroid dienone is 1. The van der Waals surface area contributed by atoms with Crippen molar-refractivity contribution in [2.24, 2.45) is 22.7 Å². The second kappa shape index (κ2) is 12.8. The molecule has 2 N–H and O–H groups in total. The van der Waals surface area contributed by atoms with Crippen LogP contribution in [0.5, 0.6) is 0 Å². The van der Waals surface area contributed by atoms with Gasteiger partial charge in [0.2, 0.25) is 5.79 Å². The highest BCUT2D eigenvalue weighted by Crippen LogP contribution is 2.71. The van der Waals surface area contributed by atoms with Gasteiger partial charge >= 0.3 is 12.1 Å². The Labute approximate surface area is 317 Å². The molecule has 0 amide bonds. The van der Waals surface area contributed by atoms with Crippen LogP contribution in [0.15, 0.2) is 35.4 Å². The van der Waals surface area contributed by atoms with Gasteiger partial charge in [0.15, 0.2) is 14.1 Å². The number of fused-ring (bicyclic) bond motifs is 4. The highest BCUT2D eigenvalue weighted by Gasteiger charge is 2.79. The van der Waals surface area contributed by atoms with Crippen molar-refractivity contribution in [1.29, 1.82) is 0 Å². The number of hydrogen-bond acceptors (Lipinski definition) is 7. The number of alkyl halides is 5. The maximum atomic E-state index is 15.6. The van der Waals surface area contributed by atoms with E-state index in [0.29, 0.717) is 63.2 Å². The van der Waals surface area contributed by atoms with E-state index in [1.165, 1.54) is 6.92 Å². The van der Waals surface area contributed by atoms with Gasteiger partial charge in [-0.25, -0.2) is 0 Å². The van der Waals surface area contributed by atoms with Crippen LogP contribution < -0.4 is 0 Å². The normalized spacial score (nSPS) is 36.5. The zero-order chi connectivity index (χ0) is 39.6. The molecule has 4 aliphatic carbocycles. The molecule has 7 nitrogen and oxygen atoms in total. The molecule has 7 rings (SSSR count). The van der Waals surface area contributed by atoms with E-state index < -0.39 is 72.8 Å². The smallest absolute Gasteiger partial charge is 0.411 e. The van der Waals surface area contributed by atoms with E-state index in [2.05, 4.69) is 47.7 Å². The van der Waals surface area contributed by atoms with Gasteiger partial charge in [0.25, 0.3) is 0 Å². The van der Waals surface area contributed by atoms with Crippen LogP contribution in [0.1, 0.15) is 110 Å². The van der Waals surface area contributed by atoms with Gasteiger partial charge in [-0.05, 0) is 79.6 Å². The second-order valence-corrected chi connectivity index (χ2v) is 24.6. The van der Waals surface area contributed by atoms with Gasteiger partial charge in [-0.15, -0.1) is 0 Å². The van der Waals surface area contributed by atoms with E-state index >= 15 is 8.78 Å². The molecule has 1 spiro atoms. The first-order valence-electron chi connectivity index (χ1n) is 19.7. The first kappa shape index (κ1) is 40.7. The summed E-state index contributed by atoms with van der Waals surface area (Å²) >= 11 is 0. The molecule has 6 aliphatic rings. The van der Waals surface area contributed by atoms with Crippen LogP contribution in [-0.2, 0) is 29.2 Å². The molecule has 3 saturated carbocycles. The fourth-order valence-corrected chi connectivity index (χ4v) is 11.5. The average Bonchev–Trinajstić information content (AvgIpc) is 3.67. The molecule has 54 heavy (non-hydrogen) atoms. The fourth-order valence-electron chi connectivity index (χ4n) is 10.6. The van der Waals surface area contributed by atoms with Gasteiger partial charge in [0, 0.05) is 35.2 Å². The summed E-state index contributed by atoms with van der Waals surface area (Å²) < 4.78 is 105. The summed E-state index contributed by atoms with van der Waals surface area (Å²) in [5.41, 5.74) is -3.37. The molecule has 2 saturated heterocycles. The first-order valence-corrected chi connectivity index (χ1v) is 22.6. The quantitative estimate of drug-likeness (QED) is 0.169. The Kier molecular flexibility index (Phi) is 9.63. The van der Waals surface area contributed by atoms with Crippen molar-refractivity contribution in [3.8, 4) is 0 Å². The summed E-state index contributed by atoms with van der Waals surface area (Å²) in [7, 11) is -2.19. The largest absolute Gasteiger partial charge is 0.456 e. The Bertz CT molecular complexity index is 1620. The topological polar surface area (TPSA) is 86.6 Å². The van der Waals surface area contributed by atoms with Crippen LogP contribution >= 0.6 is 0 Å². The van der Waals surface area contributed by atoms with Crippen molar-refractivity contribution in [1.82, 2.24) is 0 Å². The Morgan fingerprint density at radius 2 is 1.46 bits per heavy atom. The molecule has 1 aromatic rings. The SMILES string of the molecule is CC1(C)COC2(CCC3=C4[C@@H](CC[C@@]3(O)C2)[C@@H]2CC[C@@](O)(C(F)(F)C(F)(F)F)[C@@]2(C)C[C@@H]4c2ccc(C3(CO[Si](C)(C)C(C)(C)C)OCCO3)cc2)OC1. The molecule has 0 aromatic heterocycles. The Hall–Kier alpha value is -1.45. The minimum Gasteiger partial charge on any atom is -0.411 e. The summed E-state index contributed by atoms with van der Waals surface area (Å²) in [6, 6.07) is 7.48. The lowest BCUT2D eigenvalue weighted by atomic mass is 9.49. The average molecular weight is 787 g/mol. The van der Waals surface area contributed by atoms with Crippen LogP contribution in [0.3, 0.4) is 0 Å². The molecule has 6 atom stereocenters. The summed E-state index contributed by atoms with van der Waals surface area (Å²) in [5, 5.41) is 24.2. The fraction of sp³-hybridized carbons (Fsp3) is 0.805. The molecular weight excluding hydrogens is 728 g/mol. The predicted octanol–water partition coefficient (Wildman–Crippen LogP) is 9.13. The molecule has 2 aliphatic heterocycles. The maximum Gasteiger partial charge on any atom is 0.456 e. The van der Waals surface area contributed by atoms with Gasteiger partial charge in [-0.3, -0.25) is 0 Å². The van der Waals surface area contributed by atoms with Crippen molar-refractivity contribution in [3.63, 3.8) is 0 Å². The van der Waals surface area contributed by atoms with Crippen LogP contribution in [0.4, 0.5) is 22.0 Å². The number of ether oxygens (including phenoxy) is 4. The monoisotopic (exact) mass is 786 g/mol. The third kappa shape index (κ3) is 6.19. The summed E-state index contributed by atoms with van der Waals surface area (Å²) in [6.07, 6.45) is -4.86. The number of halogens is 5. The minimum absolute atomic E-state index is 0.0286. The summed E-state index contributed by atoms with van der Waals surface area (Å²) in [4.78, 5) is 0. The highest BCUT2D eigenvalue weighted by atomic mass is 28.4. The predicted molar refractivity (Wildman–Crippen MR) is 194 cm³/mol. The van der Waals surface area contributed by atoms with Crippen molar-refractivity contribution in [2.45, 2.75) is 152 Å². The third-order valence-electron chi connectivity index (χ3n) is 14.8. The molecular formula is C41H59F5O7Si. The lowest BCUT2D eigenvalue weighted by molar-refractivity contribution is -0.362. The lowest BCUT2D eigenvalue weighted by Gasteiger charge is -2.59. The molecule has 0 radical (unpaired) electrons. The standard InChI is InChI=1S/C41H59F5O7Si/c1-33(2,3)54(7,8)53-25-38(49-19-20-50-38)27-11-9-26(10-12-27)29-21-35(6)30(15-18-39(35,48)40(42,43)41(44,45)46)28-13-16-36(47)22-37(17-14-31(36)32(28)29)51-23-34(4,5)24-52-37/h9-12,28-30,47-48H,13-25H2,1-8H3/t28-,29+,30-,35-,36+,39-/m0/s1. The maximum absolute atomic E-state index is 15.6. The Balaban J connectivity index is 1.29. The van der Waals surface area contributed by atoms with E-state index in [9.17, 15) is 23.4 Å². The molecule has 1 aromatic carbocycles. The highest BCUT2D eigenvalue weighted by molar-refractivity contribution is 6.74. The molecule has 0 bridgehead atoms. The summed E-state index contributed by atoms with van der Waals surface area (Å²) in [6.45, 7) is 18.2. The minimum atomic E-state index is -5.92. The van der Waals surface area contributed by atoms with Crippen molar-refractivity contribution >= 4 is 8.32 Å². The first-order chi connectivity index (χ1) is 24.7. The number of hydrogen-bond donors (Lipinski definition) is 2. The Morgan fingerprint density at radius 3 is 2.04 bits per heavy atom. The van der Waals surface area contributed by atoms with Crippen molar-refractivity contribution in [2.75, 3.05) is 33.0 Å². The van der Waals surface area contributed by atoms with E-state index in [0.717, 1.165) is 11.1 Å². The Morgan fingerprint density at radius 1 is 0.852 bits per heavy atom. The van der Waals surface area contributed by atoms with Crippen LogP contribution in [0.25, 0.3) is 0 Å². The lowest BCUT2D eigenvalue weighted by Crippen LogP contribution is -2.65. The van der Waals surface area contributed by atoms with E-state index in [-0.39, 0.29) is 36.3 Å². The molecule has 2 heterocycles. The van der Waals surface area contributed by atoms with Gasteiger partial charge in [-0.1, -0.05) is 71.4 Å². The molecule has 13 heteroatoms. The van der Waals surface area contributed by atoms with Crippen molar-refractivity contribution < 1.29 is 55.5 Å². The van der Waals surface area contributed by atoms with Crippen LogP contribution in [-0.4, -0.2) is 80.7 Å². The van der Waals surface area contributed by atoms with Gasteiger partial charge in [0.05, 0.1) is 38.6 Å². The van der Waals surface area contributed by atoms with E-state index in [4.69, 9.17) is 23.4 Å². The molecule has 5 fully saturated rings. The molecule has 0 unspecified atom stereocenters. The second-order valence-electron chi connectivity index (χ2n) is 19.8. The van der Waals surface area contributed by atoms with Crippen LogP contribution in [0.2, 0.25) is 18.1 Å². The molecule has 304 valence electrons. The van der Waals surface area contributed by atoms with Gasteiger partial charge in [0.1, 0.15) is 5.60 Å². The van der Waals surface area contributed by atoms with Crippen molar-refractivity contribution in [3.05, 3.63) is 46.5 Å². The van der Waals surface area contributed by atoms with Gasteiger partial charge in [-0.2, -0.15) is 22.0 Å². The van der Waals surface area contributed by atoms with Gasteiger partial charge < -0.3 is 33.6 Å². The number of rotatable bonds is 6.